The Kier molecular flexibility index (Phi) is 4.69. The number of hydrogen-bond donors (Lipinski definition) is 0. The van der Waals surface area contributed by atoms with E-state index in [0.29, 0.717) is 30.2 Å². The highest BCUT2D eigenvalue weighted by molar-refractivity contribution is 5.95. The molecule has 1 fully saturated rings. The fraction of sp³-hybridized carbons (Fsp3) is 0.182. The van der Waals surface area contributed by atoms with Gasteiger partial charge in [-0.25, -0.2) is 9.18 Å². The lowest BCUT2D eigenvalue weighted by Gasteiger charge is -2.39. The molecule has 1 aromatic heterocycles. The lowest BCUT2D eigenvalue weighted by molar-refractivity contribution is 0.0175. The van der Waals surface area contributed by atoms with Crippen molar-refractivity contribution >= 4 is 5.91 Å². The first-order valence-electron chi connectivity index (χ1n) is 8.92. The van der Waals surface area contributed by atoms with Crippen molar-refractivity contribution in [2.45, 2.75) is 13.0 Å². The molecule has 4 rings (SSSR count). The summed E-state index contributed by atoms with van der Waals surface area (Å²) in [4.78, 5) is 25.6. The number of nitrogens with zero attached hydrogens (tertiary/aromatic N) is 1. The first-order valence-corrected chi connectivity index (χ1v) is 8.92. The van der Waals surface area contributed by atoms with Crippen molar-refractivity contribution in [3.05, 3.63) is 88.2 Å². The third-order valence-corrected chi connectivity index (χ3v) is 4.61. The van der Waals surface area contributed by atoms with E-state index in [1.807, 2.05) is 12.1 Å². The molecule has 0 radical (unpaired) electrons. The Balaban J connectivity index is 1.36. The Morgan fingerprint density at radius 3 is 2.25 bits per heavy atom. The van der Waals surface area contributed by atoms with Crippen LogP contribution in [0.2, 0.25) is 0 Å². The fourth-order valence-electron chi connectivity index (χ4n) is 3.14. The zero-order valence-electron chi connectivity index (χ0n) is 15.2. The number of amides is 1. The number of ether oxygens (including phenoxy) is 1. The van der Waals surface area contributed by atoms with Gasteiger partial charge in [-0.05, 0) is 42.3 Å². The molecular formula is C22H18FNO4. The van der Waals surface area contributed by atoms with Crippen LogP contribution in [-0.2, 0) is 0 Å². The predicted octanol–water partition coefficient (Wildman–Crippen LogP) is 3.66. The van der Waals surface area contributed by atoms with Crippen LogP contribution in [-0.4, -0.2) is 30.0 Å². The van der Waals surface area contributed by atoms with Gasteiger partial charge in [0.25, 0.3) is 5.91 Å². The summed E-state index contributed by atoms with van der Waals surface area (Å²) >= 11 is 0. The summed E-state index contributed by atoms with van der Waals surface area (Å²) in [7, 11) is 0. The van der Waals surface area contributed by atoms with Crippen LogP contribution in [0, 0.1) is 12.7 Å². The molecular weight excluding hydrogens is 361 g/mol. The molecule has 0 aliphatic carbocycles. The molecule has 1 aliphatic heterocycles. The van der Waals surface area contributed by atoms with Crippen molar-refractivity contribution in [1.82, 2.24) is 4.90 Å². The summed E-state index contributed by atoms with van der Waals surface area (Å²) in [5.74, 6) is 0.580. The van der Waals surface area contributed by atoms with Crippen molar-refractivity contribution < 1.29 is 18.3 Å². The lowest BCUT2D eigenvalue weighted by Crippen LogP contribution is -2.56. The second kappa shape index (κ2) is 7.31. The molecule has 2 heterocycles. The van der Waals surface area contributed by atoms with Gasteiger partial charge in [-0.15, -0.1) is 0 Å². The van der Waals surface area contributed by atoms with Crippen molar-refractivity contribution in [2.24, 2.45) is 0 Å². The van der Waals surface area contributed by atoms with E-state index in [0.717, 1.165) is 11.1 Å². The van der Waals surface area contributed by atoms with Gasteiger partial charge >= 0.3 is 5.63 Å². The molecule has 1 amide bonds. The summed E-state index contributed by atoms with van der Waals surface area (Å²) in [5.41, 5.74) is 1.93. The molecule has 142 valence electrons. The van der Waals surface area contributed by atoms with Gasteiger partial charge in [-0.1, -0.05) is 24.3 Å². The van der Waals surface area contributed by atoms with Crippen LogP contribution in [0.15, 0.2) is 69.9 Å². The van der Waals surface area contributed by atoms with Crippen molar-refractivity contribution in [3.8, 4) is 16.9 Å². The average molecular weight is 379 g/mol. The van der Waals surface area contributed by atoms with E-state index in [-0.39, 0.29) is 17.8 Å². The van der Waals surface area contributed by atoms with E-state index in [9.17, 15) is 14.0 Å². The van der Waals surface area contributed by atoms with Crippen LogP contribution in [0.5, 0.6) is 5.75 Å². The van der Waals surface area contributed by atoms with Gasteiger partial charge in [0, 0.05) is 11.6 Å². The zero-order chi connectivity index (χ0) is 19.7. The number of likely N-dealkylation sites (tertiary alicyclic amines) is 1. The molecule has 0 unspecified atom stereocenters. The average Bonchev–Trinajstić information content (AvgIpc) is 2.64. The number of benzene rings is 2. The van der Waals surface area contributed by atoms with Crippen molar-refractivity contribution in [1.29, 1.82) is 0 Å². The van der Waals surface area contributed by atoms with Crippen molar-refractivity contribution in [2.75, 3.05) is 13.1 Å². The molecule has 5 nitrogen and oxygen atoms in total. The van der Waals surface area contributed by atoms with Crippen LogP contribution in [0.1, 0.15) is 16.1 Å². The van der Waals surface area contributed by atoms with Crippen molar-refractivity contribution in [3.63, 3.8) is 0 Å². The number of aryl methyl sites for hydroxylation is 1. The van der Waals surface area contributed by atoms with E-state index in [1.165, 1.54) is 18.2 Å². The van der Waals surface area contributed by atoms with Gasteiger partial charge in [0.05, 0.1) is 19.2 Å². The maximum absolute atomic E-state index is 13.0. The molecule has 6 heteroatoms. The normalized spacial score (nSPS) is 13.9. The van der Waals surface area contributed by atoms with Gasteiger partial charge in [-0.3, -0.25) is 4.79 Å². The molecule has 0 N–H and O–H groups in total. The maximum atomic E-state index is 13.0. The van der Waals surface area contributed by atoms with E-state index >= 15 is 0 Å². The van der Waals surface area contributed by atoms with Crippen LogP contribution >= 0.6 is 0 Å². The van der Waals surface area contributed by atoms with Crippen LogP contribution in [0.25, 0.3) is 11.1 Å². The second-order valence-corrected chi connectivity index (χ2v) is 6.76. The van der Waals surface area contributed by atoms with Gasteiger partial charge < -0.3 is 14.1 Å². The Bertz CT molecular complexity index is 1050. The van der Waals surface area contributed by atoms with Crippen LogP contribution < -0.4 is 10.4 Å². The SMILES string of the molecule is Cc1cc(OC2CN(C(=O)c3ccc(-c4ccc(F)cc4)cc3)C2)cc(=O)o1. The third-order valence-electron chi connectivity index (χ3n) is 4.61. The molecule has 1 saturated heterocycles. The topological polar surface area (TPSA) is 59.8 Å². The summed E-state index contributed by atoms with van der Waals surface area (Å²) in [6.07, 6.45) is -0.149. The Hall–Kier alpha value is -3.41. The summed E-state index contributed by atoms with van der Waals surface area (Å²) in [6, 6.07) is 16.4. The number of carbonyl (C=O) groups excluding carboxylic acids is 1. The molecule has 0 bridgehead atoms. The van der Waals surface area contributed by atoms with Gasteiger partial charge in [0.2, 0.25) is 0 Å². The number of halogens is 1. The highest BCUT2D eigenvalue weighted by Gasteiger charge is 2.33. The molecule has 1 aliphatic rings. The number of carbonyl (C=O) groups is 1. The minimum atomic E-state index is -0.455. The van der Waals surface area contributed by atoms with Crippen LogP contribution in [0.4, 0.5) is 4.39 Å². The first kappa shape index (κ1) is 18.0. The molecule has 0 saturated carbocycles. The Morgan fingerprint density at radius 1 is 1.04 bits per heavy atom. The smallest absolute Gasteiger partial charge is 0.339 e. The third kappa shape index (κ3) is 3.81. The summed E-state index contributed by atoms with van der Waals surface area (Å²) in [5, 5.41) is 0. The maximum Gasteiger partial charge on any atom is 0.339 e. The summed E-state index contributed by atoms with van der Waals surface area (Å²) in [6.45, 7) is 2.59. The quantitative estimate of drug-likeness (QED) is 0.694. The van der Waals surface area contributed by atoms with E-state index in [4.69, 9.17) is 9.15 Å². The molecule has 0 atom stereocenters. The van der Waals surface area contributed by atoms with E-state index in [2.05, 4.69) is 0 Å². The standard InChI is InChI=1S/C22H18FNO4/c1-14-10-19(11-21(25)27-14)28-20-12-24(13-20)22(26)17-4-2-15(3-5-17)16-6-8-18(23)9-7-16/h2-11,20H,12-13H2,1H3. The number of hydrogen-bond acceptors (Lipinski definition) is 4. The first-order chi connectivity index (χ1) is 13.5. The highest BCUT2D eigenvalue weighted by Crippen LogP contribution is 2.23. The van der Waals surface area contributed by atoms with Gasteiger partial charge in [0.1, 0.15) is 23.4 Å². The summed E-state index contributed by atoms with van der Waals surface area (Å²) < 4.78 is 23.7. The molecule has 2 aromatic carbocycles. The Morgan fingerprint density at radius 2 is 1.64 bits per heavy atom. The Labute approximate surface area is 161 Å². The molecule has 0 spiro atoms. The highest BCUT2D eigenvalue weighted by atomic mass is 19.1. The molecule has 3 aromatic rings. The minimum Gasteiger partial charge on any atom is -0.486 e. The van der Waals surface area contributed by atoms with Gasteiger partial charge in [-0.2, -0.15) is 0 Å². The van der Waals surface area contributed by atoms with E-state index in [1.54, 1.807) is 42.2 Å². The van der Waals surface area contributed by atoms with Crippen LogP contribution in [0.3, 0.4) is 0 Å². The van der Waals surface area contributed by atoms with Gasteiger partial charge in [0.15, 0.2) is 0 Å². The zero-order valence-corrected chi connectivity index (χ0v) is 15.2. The monoisotopic (exact) mass is 379 g/mol. The fourth-order valence-corrected chi connectivity index (χ4v) is 3.14. The second-order valence-electron chi connectivity index (χ2n) is 6.76. The predicted molar refractivity (Wildman–Crippen MR) is 102 cm³/mol. The minimum absolute atomic E-state index is 0.0748. The van der Waals surface area contributed by atoms with E-state index < -0.39 is 5.63 Å². The number of rotatable bonds is 4. The molecule has 28 heavy (non-hydrogen) atoms. The largest absolute Gasteiger partial charge is 0.486 e. The lowest BCUT2D eigenvalue weighted by atomic mass is 10.0.